The molecule has 160 valence electrons. The van der Waals surface area contributed by atoms with Gasteiger partial charge in [0, 0.05) is 12.7 Å². The van der Waals surface area contributed by atoms with Gasteiger partial charge in [-0.15, -0.1) is 16.9 Å². The summed E-state index contributed by atoms with van der Waals surface area (Å²) in [5, 5.41) is 29.7. The number of fused-ring (bicyclic) bond motifs is 1. The first-order chi connectivity index (χ1) is 14.0. The summed E-state index contributed by atoms with van der Waals surface area (Å²) in [5.74, 6) is -3.82. The highest BCUT2D eigenvalue weighted by atomic mass is 32.2. The number of thioether (sulfide) groups is 2. The largest absolute Gasteiger partial charge is 0.477 e. The number of amides is 2. The van der Waals surface area contributed by atoms with Crippen LogP contribution < -0.4 is 0 Å². The summed E-state index contributed by atoms with van der Waals surface area (Å²) in [4.78, 5) is 37.8. The van der Waals surface area contributed by atoms with Gasteiger partial charge >= 0.3 is 5.97 Å². The van der Waals surface area contributed by atoms with Crippen molar-refractivity contribution in [1.29, 1.82) is 5.26 Å². The predicted molar refractivity (Wildman–Crippen MR) is 99.9 cm³/mol. The van der Waals surface area contributed by atoms with Crippen LogP contribution in [0.15, 0.2) is 16.4 Å². The number of aromatic amines is 1. The van der Waals surface area contributed by atoms with E-state index in [2.05, 4.69) is 20.6 Å². The van der Waals surface area contributed by atoms with Gasteiger partial charge in [-0.05, 0) is 16.0 Å². The van der Waals surface area contributed by atoms with Crippen molar-refractivity contribution < 1.29 is 32.5 Å². The van der Waals surface area contributed by atoms with E-state index in [-0.39, 0.29) is 16.5 Å². The molecule has 1 saturated heterocycles. The van der Waals surface area contributed by atoms with Gasteiger partial charge in [-0.2, -0.15) is 13.7 Å². The number of nitriles is 1. The molecular weight excluding hydrogens is 462 g/mol. The number of nitrogens with one attached hydrogen (secondary N) is 1. The van der Waals surface area contributed by atoms with Crippen molar-refractivity contribution in [3.8, 4) is 6.19 Å². The van der Waals surface area contributed by atoms with Crippen molar-refractivity contribution >= 4 is 51.4 Å². The molecule has 1 fully saturated rings. The number of carbonyl (C=O) groups is 3. The number of nitrogens with zero attached hydrogens (tertiary/aromatic N) is 6. The van der Waals surface area contributed by atoms with Crippen LogP contribution in [0.3, 0.4) is 0 Å². The zero-order chi connectivity index (χ0) is 22.2. The second-order valence-corrected chi connectivity index (χ2v) is 9.88. The van der Waals surface area contributed by atoms with Crippen LogP contribution in [-0.2, 0) is 24.5 Å². The number of carboxylic acids is 1. The van der Waals surface area contributed by atoms with Crippen LogP contribution in [0.4, 0.5) is 0 Å². The molecule has 2 aliphatic rings. The third-order valence-corrected chi connectivity index (χ3v) is 7.61. The first kappa shape index (κ1) is 22.0. The van der Waals surface area contributed by atoms with E-state index in [1.165, 1.54) is 0 Å². The van der Waals surface area contributed by atoms with E-state index in [0.717, 1.165) is 35.3 Å². The summed E-state index contributed by atoms with van der Waals surface area (Å²) in [5.41, 5.74) is -0.407. The van der Waals surface area contributed by atoms with Gasteiger partial charge in [0.1, 0.15) is 11.1 Å². The minimum atomic E-state index is -4.53. The van der Waals surface area contributed by atoms with Crippen LogP contribution >= 0.6 is 23.5 Å². The van der Waals surface area contributed by atoms with E-state index in [1.807, 2.05) is 0 Å². The number of carboxylic acid groups (broad SMARTS) is 1. The zero-order valence-corrected chi connectivity index (χ0v) is 17.4. The molecule has 14 nitrogen and oxygen atoms in total. The molecule has 0 bridgehead atoms. The first-order valence-electron chi connectivity index (χ1n) is 8.01. The number of hydrogen-bond donors (Lipinski definition) is 3. The number of tetrazole rings is 1. The smallest absolute Gasteiger partial charge is 0.352 e. The second-order valence-electron chi connectivity index (χ2n) is 6.08. The number of rotatable bonds is 7. The normalized spacial score (nSPS) is 22.0. The van der Waals surface area contributed by atoms with Gasteiger partial charge in [-0.25, -0.2) is 14.8 Å². The first-order valence-corrected chi connectivity index (χ1v) is 11.5. The maximum Gasteiger partial charge on any atom is 0.352 e. The van der Waals surface area contributed by atoms with Crippen LogP contribution in [0.2, 0.25) is 0 Å². The second kappa shape index (κ2) is 8.22. The van der Waals surface area contributed by atoms with Crippen LogP contribution in [0.5, 0.6) is 0 Å². The van der Waals surface area contributed by atoms with Gasteiger partial charge in [0.2, 0.25) is 11.1 Å². The molecule has 0 radical (unpaired) electrons. The minimum absolute atomic E-state index is 0.0293. The van der Waals surface area contributed by atoms with Gasteiger partial charge < -0.3 is 5.11 Å². The van der Waals surface area contributed by atoms with E-state index in [9.17, 15) is 32.5 Å². The van der Waals surface area contributed by atoms with Gasteiger partial charge in [-0.3, -0.25) is 19.0 Å². The summed E-state index contributed by atoms with van der Waals surface area (Å²) in [6, 6.07) is -1.15. The van der Waals surface area contributed by atoms with Crippen molar-refractivity contribution in [2.75, 3.05) is 11.5 Å². The molecule has 0 aromatic carbocycles. The molecule has 3 N–H and O–H groups in total. The third-order valence-electron chi connectivity index (χ3n) is 4.23. The molecule has 3 atom stereocenters. The Kier molecular flexibility index (Phi) is 6.03. The molecular formula is C13H13N7O7S3. The van der Waals surface area contributed by atoms with Crippen LogP contribution in [-0.4, -0.2) is 94.5 Å². The summed E-state index contributed by atoms with van der Waals surface area (Å²) in [6.07, 6.45) is 1.62. The number of H-pyrrole nitrogens is 1. The lowest BCUT2D eigenvalue weighted by atomic mass is 10.0. The Morgan fingerprint density at radius 3 is 2.73 bits per heavy atom. The van der Waals surface area contributed by atoms with Crippen molar-refractivity contribution in [2.45, 2.75) is 28.7 Å². The lowest BCUT2D eigenvalue weighted by Crippen LogP contribution is -2.70. The van der Waals surface area contributed by atoms with Gasteiger partial charge in [0.05, 0.1) is 11.0 Å². The Hall–Kier alpha value is -2.68. The Bertz CT molecular complexity index is 1070. The number of aliphatic carboxylic acids is 1. The van der Waals surface area contributed by atoms with Crippen molar-refractivity contribution in [3.63, 3.8) is 0 Å². The fourth-order valence-corrected chi connectivity index (χ4v) is 6.76. The van der Waals surface area contributed by atoms with Crippen LogP contribution in [0.25, 0.3) is 0 Å². The molecule has 2 amide bonds. The molecule has 0 aliphatic carbocycles. The van der Waals surface area contributed by atoms with Crippen LogP contribution in [0, 0.1) is 11.5 Å². The number of hydrogen-bond acceptors (Lipinski definition) is 11. The highest BCUT2D eigenvalue weighted by Gasteiger charge is 2.57. The molecule has 3 heterocycles. The maximum atomic E-state index is 12.6. The Balaban J connectivity index is 2.01. The summed E-state index contributed by atoms with van der Waals surface area (Å²) >= 11 is 1.84. The molecule has 3 rings (SSSR count). The monoisotopic (exact) mass is 475 g/mol. The van der Waals surface area contributed by atoms with Crippen molar-refractivity contribution in [1.82, 2.24) is 30.4 Å². The molecule has 2 aliphatic heterocycles. The van der Waals surface area contributed by atoms with Crippen molar-refractivity contribution in [2.24, 2.45) is 0 Å². The van der Waals surface area contributed by atoms with E-state index in [4.69, 9.17) is 5.26 Å². The van der Waals surface area contributed by atoms with E-state index in [1.54, 1.807) is 6.19 Å². The van der Waals surface area contributed by atoms with Gasteiger partial charge in [-0.1, -0.05) is 11.8 Å². The molecule has 0 saturated carbocycles. The number of β-lactam (4-membered cyclic amide) rings is 1. The third kappa shape index (κ3) is 4.12. The van der Waals surface area contributed by atoms with E-state index in [0.29, 0.717) is 4.90 Å². The number of aromatic nitrogens is 4. The topological polar surface area (TPSA) is 211 Å². The van der Waals surface area contributed by atoms with Gasteiger partial charge in [0.25, 0.3) is 16.0 Å². The maximum absolute atomic E-state index is 12.6. The standard InChI is InChI=1S/C13H13N7O7S3/c1-5(21)19(4-14)9-10(22)20-8(12(23)24)6(2-28-11(9)20)7(3-30(25,26)27)29-13-15-17-18-16-13/h7,9,11H,2-3H2,1H3,(H,23,24)(H,25,26,27)(H,15,16,17,18)/t7?,9?,11-/m0/s1. The van der Waals surface area contributed by atoms with Crippen LogP contribution in [0.1, 0.15) is 6.92 Å². The fourth-order valence-electron chi connectivity index (χ4n) is 3.03. The zero-order valence-electron chi connectivity index (χ0n) is 15.0. The lowest BCUT2D eigenvalue weighted by Gasteiger charge is -2.51. The summed E-state index contributed by atoms with van der Waals surface area (Å²) in [6.45, 7) is 1.11. The average molecular weight is 475 g/mol. The van der Waals surface area contributed by atoms with Gasteiger partial charge in [0.15, 0.2) is 12.2 Å². The Morgan fingerprint density at radius 1 is 1.53 bits per heavy atom. The summed E-state index contributed by atoms with van der Waals surface area (Å²) < 4.78 is 32.3. The highest BCUT2D eigenvalue weighted by Crippen LogP contribution is 2.45. The molecule has 30 heavy (non-hydrogen) atoms. The van der Waals surface area contributed by atoms with E-state index < -0.39 is 56.0 Å². The fraction of sp³-hybridized carbons (Fsp3) is 0.462. The lowest BCUT2D eigenvalue weighted by molar-refractivity contribution is -0.156. The molecule has 1 aromatic rings. The van der Waals surface area contributed by atoms with Crippen molar-refractivity contribution in [3.05, 3.63) is 11.3 Å². The molecule has 0 spiro atoms. The summed E-state index contributed by atoms with van der Waals surface area (Å²) in [7, 11) is -4.53. The Morgan fingerprint density at radius 2 is 2.23 bits per heavy atom. The average Bonchev–Trinajstić information content (AvgIpc) is 3.15. The number of carbonyl (C=O) groups excluding carboxylic acids is 2. The molecule has 2 unspecified atom stereocenters. The highest BCUT2D eigenvalue weighted by molar-refractivity contribution is 8.01. The minimum Gasteiger partial charge on any atom is -0.477 e. The quantitative estimate of drug-likeness (QED) is 0.135. The Labute approximate surface area is 177 Å². The SMILES string of the molecule is CC(=O)N(C#N)C1C(=O)N2C(C(=O)O)=C(C(CS(=O)(=O)O)Sc3nnn[nH]3)CS[C@@H]12. The molecule has 17 heteroatoms. The predicted octanol–water partition coefficient (Wildman–Crippen LogP) is -1.50. The van der Waals surface area contributed by atoms with E-state index >= 15 is 0 Å². The molecule has 1 aromatic heterocycles.